The first-order valence-electron chi connectivity index (χ1n) is 15.8. The van der Waals surface area contributed by atoms with Gasteiger partial charge in [0.05, 0.1) is 0 Å². The third-order valence-corrected chi connectivity index (χ3v) is 7.36. The van der Waals surface area contributed by atoms with Gasteiger partial charge in [-0.25, -0.2) is 4.79 Å². The van der Waals surface area contributed by atoms with Crippen molar-refractivity contribution in [2.45, 2.75) is 131 Å². The molecule has 2 aromatic rings. The van der Waals surface area contributed by atoms with E-state index in [-0.39, 0.29) is 30.3 Å². The first-order chi connectivity index (χ1) is 20.1. The van der Waals surface area contributed by atoms with Gasteiger partial charge in [0, 0.05) is 18.5 Å². The zero-order valence-corrected chi connectivity index (χ0v) is 28.1. The molecule has 2 N–H and O–H groups in total. The van der Waals surface area contributed by atoms with E-state index in [1.807, 2.05) is 70.2 Å². The number of aryl methyl sites for hydroxylation is 2. The van der Waals surface area contributed by atoms with Crippen LogP contribution >= 0.6 is 0 Å². The third-order valence-electron chi connectivity index (χ3n) is 7.36. The van der Waals surface area contributed by atoms with Gasteiger partial charge in [-0.2, -0.15) is 0 Å². The number of nitrogens with one attached hydrogen (secondary N) is 2. The van der Waals surface area contributed by atoms with E-state index in [0.29, 0.717) is 12.3 Å². The Balaban J connectivity index is 2.69. The molecule has 3 amide bonds. The minimum absolute atomic E-state index is 0.0474. The van der Waals surface area contributed by atoms with Crippen LogP contribution in [0.1, 0.15) is 109 Å². The van der Waals surface area contributed by atoms with Gasteiger partial charge in [-0.3, -0.25) is 9.59 Å². The van der Waals surface area contributed by atoms with E-state index in [9.17, 15) is 14.4 Å². The molecule has 0 aromatic heterocycles. The maximum Gasteiger partial charge on any atom is 0.408 e. The number of hydrogen-bond donors (Lipinski definition) is 2. The molecular weight excluding hydrogens is 538 g/mol. The van der Waals surface area contributed by atoms with Crippen LogP contribution in [-0.4, -0.2) is 46.5 Å². The molecule has 4 atom stereocenters. The van der Waals surface area contributed by atoms with Crippen molar-refractivity contribution in [3.63, 3.8) is 0 Å². The molecule has 2 rings (SSSR count). The topological polar surface area (TPSA) is 87.7 Å². The van der Waals surface area contributed by atoms with Crippen LogP contribution < -0.4 is 10.6 Å². The highest BCUT2D eigenvalue weighted by atomic mass is 16.6. The number of hydrogen-bond acceptors (Lipinski definition) is 4. The molecule has 0 radical (unpaired) electrons. The lowest BCUT2D eigenvalue weighted by Crippen LogP contribution is -2.56. The van der Waals surface area contributed by atoms with E-state index in [1.54, 1.807) is 25.7 Å². The van der Waals surface area contributed by atoms with Crippen molar-refractivity contribution >= 4 is 17.9 Å². The summed E-state index contributed by atoms with van der Waals surface area (Å²) in [7, 11) is 0. The molecule has 0 bridgehead atoms. The molecule has 0 saturated heterocycles. The van der Waals surface area contributed by atoms with Crippen molar-refractivity contribution in [2.75, 3.05) is 0 Å². The molecule has 7 heteroatoms. The minimum atomic E-state index is -0.937. The molecule has 0 saturated carbocycles. The second-order valence-electron chi connectivity index (χ2n) is 13.5. The van der Waals surface area contributed by atoms with Crippen LogP contribution in [0.4, 0.5) is 4.79 Å². The zero-order valence-electron chi connectivity index (χ0n) is 28.1. The van der Waals surface area contributed by atoms with Crippen molar-refractivity contribution in [3.05, 3.63) is 70.8 Å². The van der Waals surface area contributed by atoms with E-state index < -0.39 is 23.8 Å². The van der Waals surface area contributed by atoms with Crippen LogP contribution in [0, 0.1) is 19.8 Å². The molecule has 4 unspecified atom stereocenters. The lowest BCUT2D eigenvalue weighted by molar-refractivity contribution is -0.145. The summed E-state index contributed by atoms with van der Waals surface area (Å²) in [6.07, 6.45) is 2.97. The Morgan fingerprint density at radius 3 is 2.00 bits per heavy atom. The summed E-state index contributed by atoms with van der Waals surface area (Å²) in [4.78, 5) is 43.8. The number of benzene rings is 2. The maximum absolute atomic E-state index is 14.8. The second-order valence-corrected chi connectivity index (χ2v) is 13.5. The van der Waals surface area contributed by atoms with E-state index >= 15 is 0 Å². The molecule has 0 aliphatic rings. The highest BCUT2D eigenvalue weighted by molar-refractivity contribution is 5.92. The normalized spacial score (nSPS) is 14.4. The Labute approximate surface area is 260 Å². The number of carbonyl (C=O) groups is 3. The predicted molar refractivity (Wildman–Crippen MR) is 175 cm³/mol. The van der Waals surface area contributed by atoms with Gasteiger partial charge < -0.3 is 20.3 Å². The Hall–Kier alpha value is -3.35. The summed E-state index contributed by atoms with van der Waals surface area (Å²) in [6, 6.07) is 13.5. The quantitative estimate of drug-likeness (QED) is 0.238. The Morgan fingerprint density at radius 1 is 0.860 bits per heavy atom. The summed E-state index contributed by atoms with van der Waals surface area (Å²) in [5.74, 6) is -0.0997. The molecule has 238 valence electrons. The van der Waals surface area contributed by atoms with Crippen molar-refractivity contribution < 1.29 is 19.1 Å². The van der Waals surface area contributed by atoms with Gasteiger partial charge in [0.25, 0.3) is 0 Å². The van der Waals surface area contributed by atoms with E-state index in [4.69, 9.17) is 4.74 Å². The summed E-state index contributed by atoms with van der Waals surface area (Å²) >= 11 is 0. The van der Waals surface area contributed by atoms with Crippen molar-refractivity contribution in [1.82, 2.24) is 15.5 Å². The molecule has 0 aliphatic heterocycles. The van der Waals surface area contributed by atoms with Crippen LogP contribution in [-0.2, 0) is 20.7 Å². The Kier molecular flexibility index (Phi) is 13.7. The molecular formula is C36H55N3O4. The fourth-order valence-electron chi connectivity index (χ4n) is 5.43. The number of alkyl carbamates (subject to hydrolysis) is 1. The monoisotopic (exact) mass is 593 g/mol. The molecule has 0 heterocycles. The van der Waals surface area contributed by atoms with Gasteiger partial charge in [0.1, 0.15) is 17.7 Å². The summed E-state index contributed by atoms with van der Waals surface area (Å²) < 4.78 is 5.58. The standard InChI is InChI=1S/C36H55N3O4/c1-11-15-27(6)37-33(40)32(30-21-25(4)20-26(5)22-30)39(28(7)19-18-24(2)3)34(41)31(23-29-16-13-12-14-17-29)38-35(42)43-36(8,9)10/h12-14,16-17,20-22,24,27-28,31-32H,11,15,18-19,23H2,1-10H3,(H,37,40)(H,38,42). The Morgan fingerprint density at radius 2 is 1.47 bits per heavy atom. The first kappa shape index (κ1) is 35.8. The number of nitrogens with zero attached hydrogens (tertiary/aromatic N) is 1. The number of carbonyl (C=O) groups excluding carboxylic acids is 3. The number of rotatable bonds is 14. The Bertz CT molecular complexity index is 1170. The van der Waals surface area contributed by atoms with Crippen LogP contribution in [0.5, 0.6) is 0 Å². The number of amides is 3. The van der Waals surface area contributed by atoms with Gasteiger partial charge in [0.2, 0.25) is 11.8 Å². The van der Waals surface area contributed by atoms with E-state index in [0.717, 1.165) is 41.5 Å². The minimum Gasteiger partial charge on any atom is -0.444 e. The van der Waals surface area contributed by atoms with E-state index in [2.05, 4.69) is 37.5 Å². The van der Waals surface area contributed by atoms with Crippen LogP contribution in [0.25, 0.3) is 0 Å². The fraction of sp³-hybridized carbons (Fsp3) is 0.583. The SMILES string of the molecule is CCCC(C)NC(=O)C(c1cc(C)cc(C)c1)N(C(=O)C(Cc1ccccc1)NC(=O)OC(C)(C)C)C(C)CCC(C)C. The lowest BCUT2D eigenvalue weighted by Gasteiger charge is -2.39. The maximum atomic E-state index is 14.8. The summed E-state index contributed by atoms with van der Waals surface area (Å²) in [5.41, 5.74) is 2.97. The molecule has 0 fully saturated rings. The number of ether oxygens (including phenoxy) is 1. The molecule has 0 spiro atoms. The van der Waals surface area contributed by atoms with Gasteiger partial charge in [-0.1, -0.05) is 86.8 Å². The highest BCUT2D eigenvalue weighted by Crippen LogP contribution is 2.30. The second kappa shape index (κ2) is 16.5. The largest absolute Gasteiger partial charge is 0.444 e. The van der Waals surface area contributed by atoms with Gasteiger partial charge in [0.15, 0.2) is 0 Å². The molecule has 0 aliphatic carbocycles. The first-order valence-corrected chi connectivity index (χ1v) is 15.8. The average Bonchev–Trinajstić information content (AvgIpc) is 2.88. The zero-order chi connectivity index (χ0) is 32.3. The van der Waals surface area contributed by atoms with E-state index in [1.165, 1.54) is 0 Å². The lowest BCUT2D eigenvalue weighted by atomic mass is 9.94. The fourth-order valence-corrected chi connectivity index (χ4v) is 5.43. The molecule has 43 heavy (non-hydrogen) atoms. The van der Waals surface area contributed by atoms with Crippen LogP contribution in [0.2, 0.25) is 0 Å². The van der Waals surface area contributed by atoms with Crippen molar-refractivity contribution in [1.29, 1.82) is 0 Å². The smallest absolute Gasteiger partial charge is 0.408 e. The predicted octanol–water partition coefficient (Wildman–Crippen LogP) is 7.44. The molecule has 2 aromatic carbocycles. The van der Waals surface area contributed by atoms with Gasteiger partial charge in [-0.05, 0) is 84.8 Å². The average molecular weight is 594 g/mol. The van der Waals surface area contributed by atoms with Crippen LogP contribution in [0.3, 0.4) is 0 Å². The highest BCUT2D eigenvalue weighted by Gasteiger charge is 2.39. The molecule has 7 nitrogen and oxygen atoms in total. The van der Waals surface area contributed by atoms with Crippen LogP contribution in [0.15, 0.2) is 48.5 Å². The third kappa shape index (κ3) is 12.0. The van der Waals surface area contributed by atoms with Crippen molar-refractivity contribution in [2.24, 2.45) is 5.92 Å². The van der Waals surface area contributed by atoms with Gasteiger partial charge in [-0.15, -0.1) is 0 Å². The summed E-state index contributed by atoms with van der Waals surface area (Å²) in [6.45, 7) is 19.8. The van der Waals surface area contributed by atoms with Gasteiger partial charge >= 0.3 is 6.09 Å². The summed E-state index contributed by atoms with van der Waals surface area (Å²) in [5, 5.41) is 6.06. The van der Waals surface area contributed by atoms with Crippen molar-refractivity contribution in [3.8, 4) is 0 Å².